The molecule has 2 N–H and O–H groups in total. The van der Waals surface area contributed by atoms with E-state index in [9.17, 15) is 0 Å². The average Bonchev–Trinajstić information content (AvgIpc) is 2.30. The molecule has 0 aliphatic carbocycles. The first kappa shape index (κ1) is 13.5. The molecule has 1 aromatic carbocycles. The zero-order valence-corrected chi connectivity index (χ0v) is 11.9. The van der Waals surface area contributed by atoms with Crippen molar-refractivity contribution in [3.05, 3.63) is 33.8 Å². The highest BCUT2D eigenvalue weighted by molar-refractivity contribution is 7.99. The van der Waals surface area contributed by atoms with Gasteiger partial charge in [0.05, 0.1) is 0 Å². The van der Waals surface area contributed by atoms with E-state index in [1.54, 1.807) is 6.07 Å². The van der Waals surface area contributed by atoms with Crippen LogP contribution in [0, 0.1) is 0 Å². The maximum absolute atomic E-state index is 6.04. The Balaban J connectivity index is 2.21. The van der Waals surface area contributed by atoms with Crippen LogP contribution >= 0.6 is 35.0 Å². The van der Waals surface area contributed by atoms with Crippen LogP contribution in [0.2, 0.25) is 10.0 Å². The molecule has 2 nitrogen and oxygen atoms in total. The summed E-state index contributed by atoms with van der Waals surface area (Å²) in [4.78, 5) is 2.42. The van der Waals surface area contributed by atoms with E-state index < -0.39 is 0 Å². The molecule has 94 valence electrons. The van der Waals surface area contributed by atoms with Crippen LogP contribution in [-0.2, 0) is 0 Å². The van der Waals surface area contributed by atoms with Crippen LogP contribution in [0.1, 0.15) is 11.6 Å². The fraction of sp³-hybridized carbons (Fsp3) is 0.500. The van der Waals surface area contributed by atoms with Crippen molar-refractivity contribution in [1.82, 2.24) is 4.90 Å². The second-order valence-corrected chi connectivity index (χ2v) is 6.20. The summed E-state index contributed by atoms with van der Waals surface area (Å²) in [6.07, 6.45) is 0. The number of rotatable bonds is 3. The van der Waals surface area contributed by atoms with Gasteiger partial charge in [-0.1, -0.05) is 23.2 Å². The van der Waals surface area contributed by atoms with E-state index in [2.05, 4.69) is 4.90 Å². The van der Waals surface area contributed by atoms with Gasteiger partial charge in [0.25, 0.3) is 0 Å². The summed E-state index contributed by atoms with van der Waals surface area (Å²) < 4.78 is 0. The third-order valence-electron chi connectivity index (χ3n) is 2.98. The van der Waals surface area contributed by atoms with Crippen molar-refractivity contribution in [2.75, 3.05) is 31.1 Å². The van der Waals surface area contributed by atoms with E-state index in [0.717, 1.165) is 18.7 Å². The second kappa shape index (κ2) is 6.30. The molecule has 1 unspecified atom stereocenters. The van der Waals surface area contributed by atoms with Gasteiger partial charge in [0, 0.05) is 47.2 Å². The lowest BCUT2D eigenvalue weighted by molar-refractivity contribution is 0.223. The molecular weight excluding hydrogens is 275 g/mol. The Hall–Kier alpha value is 0.0700. The molecular formula is C12H16Cl2N2S. The lowest BCUT2D eigenvalue weighted by atomic mass is 10.1. The Labute approximate surface area is 116 Å². The summed E-state index contributed by atoms with van der Waals surface area (Å²) in [5, 5.41) is 1.36. The zero-order chi connectivity index (χ0) is 12.3. The molecule has 1 heterocycles. The van der Waals surface area contributed by atoms with Crippen molar-refractivity contribution >= 4 is 35.0 Å². The Bertz CT molecular complexity index is 361. The summed E-state index contributed by atoms with van der Waals surface area (Å²) >= 11 is 14.1. The Morgan fingerprint density at radius 3 is 2.29 bits per heavy atom. The molecule has 2 rings (SSSR count). The first-order valence-corrected chi connectivity index (χ1v) is 7.59. The molecule has 0 radical (unpaired) electrons. The molecule has 0 bridgehead atoms. The fourth-order valence-corrected chi connectivity index (χ4v) is 3.63. The number of hydrogen-bond acceptors (Lipinski definition) is 3. The largest absolute Gasteiger partial charge is 0.329 e. The lowest BCUT2D eigenvalue weighted by Crippen LogP contribution is -2.39. The Kier molecular flexibility index (Phi) is 5.00. The monoisotopic (exact) mass is 290 g/mol. The van der Waals surface area contributed by atoms with Gasteiger partial charge < -0.3 is 5.73 Å². The van der Waals surface area contributed by atoms with Gasteiger partial charge in [0.1, 0.15) is 0 Å². The van der Waals surface area contributed by atoms with Gasteiger partial charge in [-0.15, -0.1) is 0 Å². The quantitative estimate of drug-likeness (QED) is 0.928. The van der Waals surface area contributed by atoms with Crippen molar-refractivity contribution in [3.63, 3.8) is 0 Å². The molecule has 17 heavy (non-hydrogen) atoms. The van der Waals surface area contributed by atoms with Crippen LogP contribution in [0.5, 0.6) is 0 Å². The van der Waals surface area contributed by atoms with Crippen molar-refractivity contribution in [1.29, 1.82) is 0 Å². The molecule has 5 heteroatoms. The van der Waals surface area contributed by atoms with Crippen molar-refractivity contribution in [3.8, 4) is 0 Å². The topological polar surface area (TPSA) is 29.3 Å². The number of nitrogens with two attached hydrogens (primary N) is 1. The zero-order valence-electron chi connectivity index (χ0n) is 9.53. The predicted octanol–water partition coefficient (Wildman–Crippen LogP) is 3.04. The first-order valence-electron chi connectivity index (χ1n) is 5.68. The minimum absolute atomic E-state index is 0.229. The predicted molar refractivity (Wildman–Crippen MR) is 77.2 cm³/mol. The standard InChI is InChI=1S/C12H16Cl2N2S/c13-10-5-9(6-11(14)7-10)12(8-15)16-1-3-17-4-2-16/h5-7,12H,1-4,8,15H2. The smallest absolute Gasteiger partial charge is 0.0472 e. The molecule has 0 amide bonds. The van der Waals surface area contributed by atoms with Crippen molar-refractivity contribution in [2.24, 2.45) is 5.73 Å². The summed E-state index contributed by atoms with van der Waals surface area (Å²) in [6.45, 7) is 2.76. The van der Waals surface area contributed by atoms with Crippen molar-refractivity contribution in [2.45, 2.75) is 6.04 Å². The molecule has 1 aliphatic heterocycles. The maximum atomic E-state index is 6.04. The van der Waals surface area contributed by atoms with Crippen LogP contribution < -0.4 is 5.73 Å². The number of hydrogen-bond donors (Lipinski definition) is 1. The van der Waals surface area contributed by atoms with E-state index in [0.29, 0.717) is 16.6 Å². The second-order valence-electron chi connectivity index (χ2n) is 4.10. The van der Waals surface area contributed by atoms with Crippen LogP contribution in [0.4, 0.5) is 0 Å². The van der Waals surface area contributed by atoms with Gasteiger partial charge in [-0.25, -0.2) is 0 Å². The summed E-state index contributed by atoms with van der Waals surface area (Å²) in [7, 11) is 0. The van der Waals surface area contributed by atoms with Gasteiger partial charge in [0.15, 0.2) is 0 Å². The van der Waals surface area contributed by atoms with E-state index in [1.165, 1.54) is 11.5 Å². The summed E-state index contributed by atoms with van der Waals surface area (Å²) in [5.41, 5.74) is 7.02. The maximum Gasteiger partial charge on any atom is 0.0472 e. The molecule has 0 spiro atoms. The SMILES string of the molecule is NCC(c1cc(Cl)cc(Cl)c1)N1CCSCC1. The molecule has 0 saturated carbocycles. The molecule has 1 aromatic rings. The first-order chi connectivity index (χ1) is 8.20. The van der Waals surface area contributed by atoms with E-state index >= 15 is 0 Å². The van der Waals surface area contributed by atoms with E-state index in [1.807, 2.05) is 23.9 Å². The number of halogens is 2. The third-order valence-corrected chi connectivity index (χ3v) is 4.36. The van der Waals surface area contributed by atoms with Gasteiger partial charge in [-0.3, -0.25) is 4.90 Å². The highest BCUT2D eigenvalue weighted by Crippen LogP contribution is 2.28. The highest BCUT2D eigenvalue weighted by atomic mass is 35.5. The number of nitrogens with zero attached hydrogens (tertiary/aromatic N) is 1. The molecule has 1 fully saturated rings. The van der Waals surface area contributed by atoms with Gasteiger partial charge in [0.2, 0.25) is 0 Å². The molecule has 0 aromatic heterocycles. The minimum atomic E-state index is 0.229. The van der Waals surface area contributed by atoms with Crippen LogP contribution in [-0.4, -0.2) is 36.0 Å². The van der Waals surface area contributed by atoms with E-state index in [4.69, 9.17) is 28.9 Å². The highest BCUT2D eigenvalue weighted by Gasteiger charge is 2.21. The Morgan fingerprint density at radius 1 is 1.18 bits per heavy atom. The third kappa shape index (κ3) is 3.52. The number of thioether (sulfide) groups is 1. The lowest BCUT2D eigenvalue weighted by Gasteiger charge is -2.34. The normalized spacial score (nSPS) is 19.2. The molecule has 1 aliphatic rings. The Morgan fingerprint density at radius 2 is 1.76 bits per heavy atom. The van der Waals surface area contributed by atoms with Crippen molar-refractivity contribution < 1.29 is 0 Å². The fourth-order valence-electron chi connectivity index (χ4n) is 2.15. The van der Waals surface area contributed by atoms with Crippen LogP contribution in [0.15, 0.2) is 18.2 Å². The van der Waals surface area contributed by atoms with Gasteiger partial charge in [-0.05, 0) is 23.8 Å². The molecule has 1 saturated heterocycles. The van der Waals surface area contributed by atoms with Gasteiger partial charge in [-0.2, -0.15) is 11.8 Å². The summed E-state index contributed by atoms with van der Waals surface area (Å²) in [5.74, 6) is 2.34. The van der Waals surface area contributed by atoms with Gasteiger partial charge >= 0.3 is 0 Å². The minimum Gasteiger partial charge on any atom is -0.329 e. The molecule has 1 atom stereocenters. The number of benzene rings is 1. The van der Waals surface area contributed by atoms with E-state index in [-0.39, 0.29) is 6.04 Å². The summed E-state index contributed by atoms with van der Waals surface area (Å²) in [6, 6.07) is 5.91. The van der Waals surface area contributed by atoms with Crippen LogP contribution in [0.3, 0.4) is 0 Å². The average molecular weight is 291 g/mol. The van der Waals surface area contributed by atoms with Crippen LogP contribution in [0.25, 0.3) is 0 Å².